The van der Waals surface area contributed by atoms with E-state index >= 15 is 0 Å². The lowest BCUT2D eigenvalue weighted by Gasteiger charge is -2.37. The van der Waals surface area contributed by atoms with Crippen molar-refractivity contribution in [3.63, 3.8) is 0 Å². The summed E-state index contributed by atoms with van der Waals surface area (Å²) in [5.41, 5.74) is 3.58. The Balaban J connectivity index is 2.33. The van der Waals surface area contributed by atoms with Gasteiger partial charge in [-0.3, -0.25) is 11.3 Å². The van der Waals surface area contributed by atoms with Crippen LogP contribution in [0, 0.1) is 11.3 Å². The maximum Gasteiger partial charge on any atom is 0.0238 e. The van der Waals surface area contributed by atoms with Gasteiger partial charge in [-0.2, -0.15) is 0 Å². The van der Waals surface area contributed by atoms with Crippen molar-refractivity contribution in [3.05, 3.63) is 12.7 Å². The number of nitrogens with one attached hydrogen (secondary N) is 1. The third-order valence-electron chi connectivity index (χ3n) is 4.09. The average Bonchev–Trinajstić information content (AvgIpc) is 2.25. The van der Waals surface area contributed by atoms with Crippen molar-refractivity contribution < 1.29 is 0 Å². The van der Waals surface area contributed by atoms with Gasteiger partial charge in [0.1, 0.15) is 0 Å². The van der Waals surface area contributed by atoms with Crippen LogP contribution in [0.2, 0.25) is 0 Å². The second-order valence-corrected chi connectivity index (χ2v) is 5.99. The number of hydrogen-bond acceptors (Lipinski definition) is 2. The largest absolute Gasteiger partial charge is 0.271 e. The third kappa shape index (κ3) is 4.26. The van der Waals surface area contributed by atoms with E-state index in [1.807, 2.05) is 6.08 Å². The standard InChI is InChI=1S/C14H28N2/c1-4-5-6-7-13(16-15)12-8-10-14(2,3)11-9-12/h4,12-13,16H,1,5-11,15H2,2-3H3. The highest BCUT2D eigenvalue weighted by molar-refractivity contribution is 4.84. The van der Waals surface area contributed by atoms with Gasteiger partial charge in [-0.1, -0.05) is 19.9 Å². The molecule has 0 aromatic rings. The quantitative estimate of drug-likeness (QED) is 0.314. The Morgan fingerprint density at radius 1 is 1.44 bits per heavy atom. The Morgan fingerprint density at radius 2 is 2.06 bits per heavy atom. The summed E-state index contributed by atoms with van der Waals surface area (Å²) in [5, 5.41) is 0. The van der Waals surface area contributed by atoms with E-state index < -0.39 is 0 Å². The highest BCUT2D eigenvalue weighted by Crippen LogP contribution is 2.39. The summed E-state index contributed by atoms with van der Waals surface area (Å²) in [6, 6.07) is 0.510. The summed E-state index contributed by atoms with van der Waals surface area (Å²) in [5.74, 6) is 6.46. The van der Waals surface area contributed by atoms with Gasteiger partial charge in [0.2, 0.25) is 0 Å². The second kappa shape index (κ2) is 6.41. The Morgan fingerprint density at radius 3 is 2.56 bits per heavy atom. The van der Waals surface area contributed by atoms with Crippen LogP contribution < -0.4 is 11.3 Å². The summed E-state index contributed by atoms with van der Waals surface area (Å²) < 4.78 is 0. The lowest BCUT2D eigenvalue weighted by molar-refractivity contribution is 0.157. The Hall–Kier alpha value is -0.340. The molecule has 0 radical (unpaired) electrons. The molecule has 0 bridgehead atoms. The van der Waals surface area contributed by atoms with Crippen molar-refractivity contribution in [3.8, 4) is 0 Å². The number of rotatable bonds is 6. The fraction of sp³-hybridized carbons (Fsp3) is 0.857. The van der Waals surface area contributed by atoms with Crippen LogP contribution in [0.1, 0.15) is 58.8 Å². The van der Waals surface area contributed by atoms with Crippen molar-refractivity contribution >= 4 is 0 Å². The predicted molar refractivity (Wildman–Crippen MR) is 70.9 cm³/mol. The van der Waals surface area contributed by atoms with E-state index in [9.17, 15) is 0 Å². The first-order valence-electron chi connectivity index (χ1n) is 6.66. The van der Waals surface area contributed by atoms with Gasteiger partial charge in [0, 0.05) is 6.04 Å². The first-order valence-corrected chi connectivity index (χ1v) is 6.66. The fourth-order valence-corrected chi connectivity index (χ4v) is 2.76. The SMILES string of the molecule is C=CCCCC(NN)C1CCC(C)(C)CC1. The van der Waals surface area contributed by atoms with Crippen LogP contribution in [0.15, 0.2) is 12.7 Å². The summed E-state index contributed by atoms with van der Waals surface area (Å²) in [4.78, 5) is 0. The fourth-order valence-electron chi connectivity index (χ4n) is 2.76. The minimum atomic E-state index is 0.510. The molecule has 94 valence electrons. The smallest absolute Gasteiger partial charge is 0.0238 e. The van der Waals surface area contributed by atoms with Crippen LogP contribution in [0.4, 0.5) is 0 Å². The molecule has 0 aromatic carbocycles. The van der Waals surface area contributed by atoms with Gasteiger partial charge >= 0.3 is 0 Å². The molecule has 2 nitrogen and oxygen atoms in total. The topological polar surface area (TPSA) is 38.0 Å². The van der Waals surface area contributed by atoms with Gasteiger partial charge in [-0.05, 0) is 56.3 Å². The zero-order valence-corrected chi connectivity index (χ0v) is 11.0. The molecule has 1 atom stereocenters. The van der Waals surface area contributed by atoms with Crippen LogP contribution in [-0.4, -0.2) is 6.04 Å². The molecule has 0 amide bonds. The molecule has 1 saturated carbocycles. The van der Waals surface area contributed by atoms with Gasteiger partial charge in [0.15, 0.2) is 0 Å². The van der Waals surface area contributed by atoms with E-state index in [1.54, 1.807) is 0 Å². The number of allylic oxidation sites excluding steroid dienone is 1. The predicted octanol–water partition coefficient (Wildman–Crippen LogP) is 3.39. The monoisotopic (exact) mass is 224 g/mol. The summed E-state index contributed by atoms with van der Waals surface area (Å²) in [7, 11) is 0. The van der Waals surface area contributed by atoms with Gasteiger partial charge in [0.05, 0.1) is 0 Å². The third-order valence-corrected chi connectivity index (χ3v) is 4.09. The van der Waals surface area contributed by atoms with Crippen LogP contribution in [-0.2, 0) is 0 Å². The van der Waals surface area contributed by atoms with E-state index in [0.717, 1.165) is 12.3 Å². The normalized spacial score (nSPS) is 22.9. The van der Waals surface area contributed by atoms with Crippen molar-refractivity contribution in [2.24, 2.45) is 17.2 Å². The molecule has 1 aliphatic carbocycles. The molecule has 1 unspecified atom stereocenters. The molecule has 1 fully saturated rings. The first kappa shape index (κ1) is 13.7. The Kier molecular flexibility index (Phi) is 5.50. The summed E-state index contributed by atoms with van der Waals surface area (Å²) in [6.45, 7) is 8.52. The van der Waals surface area contributed by atoms with E-state index in [-0.39, 0.29) is 0 Å². The minimum absolute atomic E-state index is 0.510. The van der Waals surface area contributed by atoms with Crippen molar-refractivity contribution in [1.82, 2.24) is 5.43 Å². The van der Waals surface area contributed by atoms with Crippen LogP contribution in [0.25, 0.3) is 0 Å². The maximum atomic E-state index is 5.68. The molecule has 0 aliphatic heterocycles. The van der Waals surface area contributed by atoms with Crippen LogP contribution in [0.3, 0.4) is 0 Å². The number of hydrazine groups is 1. The second-order valence-electron chi connectivity index (χ2n) is 5.99. The molecule has 0 spiro atoms. The van der Waals surface area contributed by atoms with Crippen LogP contribution in [0.5, 0.6) is 0 Å². The summed E-state index contributed by atoms with van der Waals surface area (Å²) in [6.07, 6.45) is 10.8. The minimum Gasteiger partial charge on any atom is -0.271 e. The van der Waals surface area contributed by atoms with E-state index in [1.165, 1.54) is 38.5 Å². The van der Waals surface area contributed by atoms with Crippen molar-refractivity contribution in [1.29, 1.82) is 0 Å². The molecule has 1 aliphatic rings. The van der Waals surface area contributed by atoms with Crippen molar-refractivity contribution in [2.75, 3.05) is 0 Å². The average molecular weight is 224 g/mol. The molecule has 3 N–H and O–H groups in total. The van der Waals surface area contributed by atoms with Gasteiger partial charge in [-0.15, -0.1) is 6.58 Å². The van der Waals surface area contributed by atoms with E-state index in [4.69, 9.17) is 5.84 Å². The summed E-state index contributed by atoms with van der Waals surface area (Å²) >= 11 is 0. The first-order chi connectivity index (χ1) is 7.59. The van der Waals surface area contributed by atoms with Crippen molar-refractivity contribution in [2.45, 2.75) is 64.8 Å². The van der Waals surface area contributed by atoms with Gasteiger partial charge in [-0.25, -0.2) is 0 Å². The molecule has 0 aromatic heterocycles. The van der Waals surface area contributed by atoms with Crippen LogP contribution >= 0.6 is 0 Å². The van der Waals surface area contributed by atoms with E-state index in [2.05, 4.69) is 25.9 Å². The molecular weight excluding hydrogens is 196 g/mol. The molecule has 16 heavy (non-hydrogen) atoms. The molecule has 1 rings (SSSR count). The Labute approximate surface area is 101 Å². The number of unbranched alkanes of at least 4 members (excludes halogenated alkanes) is 1. The van der Waals surface area contributed by atoms with Gasteiger partial charge in [0.25, 0.3) is 0 Å². The number of hydrogen-bond donors (Lipinski definition) is 2. The highest BCUT2D eigenvalue weighted by Gasteiger charge is 2.30. The Bertz CT molecular complexity index is 201. The molecular formula is C14H28N2. The van der Waals surface area contributed by atoms with E-state index in [0.29, 0.717) is 11.5 Å². The van der Waals surface area contributed by atoms with Gasteiger partial charge < -0.3 is 0 Å². The zero-order chi connectivity index (χ0) is 12.0. The zero-order valence-electron chi connectivity index (χ0n) is 11.0. The molecule has 2 heteroatoms. The number of nitrogens with two attached hydrogens (primary N) is 1. The lowest BCUT2D eigenvalue weighted by Crippen LogP contribution is -2.42. The highest BCUT2D eigenvalue weighted by atomic mass is 15.2. The molecule has 0 saturated heterocycles. The lowest BCUT2D eigenvalue weighted by atomic mass is 9.70. The molecule has 0 heterocycles. The maximum absolute atomic E-state index is 5.68.